The lowest BCUT2D eigenvalue weighted by atomic mass is 9.94. The first kappa shape index (κ1) is 11.1. The van der Waals surface area contributed by atoms with E-state index in [0.29, 0.717) is 5.92 Å². The van der Waals surface area contributed by atoms with Crippen LogP contribution in [0.4, 0.5) is 0 Å². The van der Waals surface area contributed by atoms with Crippen LogP contribution in [0.5, 0.6) is 0 Å². The Labute approximate surface area is 95.8 Å². The molecule has 0 atom stereocenters. The fourth-order valence-electron chi connectivity index (χ4n) is 1.97. The molecule has 1 aromatic heterocycles. The third-order valence-electron chi connectivity index (χ3n) is 3.30. The summed E-state index contributed by atoms with van der Waals surface area (Å²) in [5.74, 6) is 0.302. The van der Waals surface area contributed by atoms with Crippen LogP contribution in [0.15, 0.2) is 18.5 Å². The van der Waals surface area contributed by atoms with Crippen molar-refractivity contribution in [3.05, 3.63) is 29.6 Å². The molecule has 0 N–H and O–H groups in total. The molecule has 0 spiro atoms. The smallest absolute Gasteiger partial charge is 0.316 e. The number of aromatic nitrogens is 1. The summed E-state index contributed by atoms with van der Waals surface area (Å²) in [4.78, 5) is 15.9. The molecule has 2 rings (SSSR count). The molecule has 0 amide bonds. The quantitative estimate of drug-likeness (QED) is 0.733. The third-order valence-corrected chi connectivity index (χ3v) is 3.30. The van der Waals surface area contributed by atoms with Crippen LogP contribution in [0, 0.1) is 0 Å². The maximum atomic E-state index is 11.7. The highest BCUT2D eigenvalue weighted by atomic mass is 16.5. The molecule has 0 saturated heterocycles. The van der Waals surface area contributed by atoms with E-state index in [-0.39, 0.29) is 5.97 Å². The molecule has 0 bridgehead atoms. The summed E-state index contributed by atoms with van der Waals surface area (Å²) in [5.41, 5.74) is 1.78. The van der Waals surface area contributed by atoms with Gasteiger partial charge in [-0.05, 0) is 29.9 Å². The van der Waals surface area contributed by atoms with Gasteiger partial charge in [0.15, 0.2) is 0 Å². The molecule has 0 aromatic carbocycles. The highest BCUT2D eigenvalue weighted by Crippen LogP contribution is 2.49. The van der Waals surface area contributed by atoms with E-state index in [2.05, 4.69) is 24.9 Å². The molecule has 1 aliphatic rings. The van der Waals surface area contributed by atoms with Crippen molar-refractivity contribution < 1.29 is 9.53 Å². The summed E-state index contributed by atoms with van der Waals surface area (Å²) in [6.45, 7) is 4.25. The van der Waals surface area contributed by atoms with Gasteiger partial charge in [0.05, 0.1) is 12.5 Å². The zero-order chi connectivity index (χ0) is 11.8. The first-order chi connectivity index (χ1) is 7.60. The zero-order valence-corrected chi connectivity index (χ0v) is 9.99. The Hall–Kier alpha value is -1.38. The number of nitrogens with zero attached hydrogens (tertiary/aromatic N) is 1. The Kier molecular flexibility index (Phi) is 2.70. The van der Waals surface area contributed by atoms with Crippen molar-refractivity contribution in [2.24, 2.45) is 0 Å². The standard InChI is InChI=1S/C13H17NO2/c1-9(2)10-6-11(8-14-7-10)13(4-5-13)12(15)16-3/h6-9H,4-5H2,1-3H3. The van der Waals surface area contributed by atoms with Gasteiger partial charge in [-0.1, -0.05) is 19.9 Å². The number of pyridine rings is 1. The molecule has 3 heteroatoms. The normalized spacial score (nSPS) is 17.2. The van der Waals surface area contributed by atoms with Crippen molar-refractivity contribution >= 4 is 5.97 Å². The number of esters is 1. The zero-order valence-electron chi connectivity index (χ0n) is 9.99. The van der Waals surface area contributed by atoms with Crippen LogP contribution in [0.25, 0.3) is 0 Å². The minimum Gasteiger partial charge on any atom is -0.468 e. The van der Waals surface area contributed by atoms with Crippen LogP contribution in [-0.2, 0) is 14.9 Å². The molecule has 1 aromatic rings. The number of methoxy groups -OCH3 is 1. The molecular formula is C13H17NO2. The highest BCUT2D eigenvalue weighted by molar-refractivity contribution is 5.86. The average molecular weight is 219 g/mol. The monoisotopic (exact) mass is 219 g/mol. The predicted octanol–water partition coefficient (Wildman–Crippen LogP) is 2.41. The second-order valence-electron chi connectivity index (χ2n) is 4.74. The second kappa shape index (κ2) is 3.89. The molecular weight excluding hydrogens is 202 g/mol. The molecule has 0 aliphatic heterocycles. The lowest BCUT2D eigenvalue weighted by Gasteiger charge is -2.14. The summed E-state index contributed by atoms with van der Waals surface area (Å²) < 4.78 is 4.87. The summed E-state index contributed by atoms with van der Waals surface area (Å²) in [5, 5.41) is 0. The maximum Gasteiger partial charge on any atom is 0.316 e. The minimum absolute atomic E-state index is 0.129. The van der Waals surface area contributed by atoms with Crippen molar-refractivity contribution in [2.75, 3.05) is 7.11 Å². The predicted molar refractivity (Wildman–Crippen MR) is 61.3 cm³/mol. The van der Waals surface area contributed by atoms with Gasteiger partial charge in [-0.3, -0.25) is 9.78 Å². The van der Waals surface area contributed by atoms with Gasteiger partial charge in [0.2, 0.25) is 0 Å². The van der Waals surface area contributed by atoms with Crippen molar-refractivity contribution in [1.29, 1.82) is 0 Å². The van der Waals surface area contributed by atoms with E-state index in [1.54, 1.807) is 6.20 Å². The summed E-state index contributed by atoms with van der Waals surface area (Å²) in [6.07, 6.45) is 5.41. The van der Waals surface area contributed by atoms with E-state index in [4.69, 9.17) is 4.74 Å². The SMILES string of the molecule is COC(=O)C1(c2cncc(C(C)C)c2)CC1. The van der Waals surface area contributed by atoms with Gasteiger partial charge in [-0.25, -0.2) is 0 Å². The van der Waals surface area contributed by atoms with Gasteiger partial charge in [-0.2, -0.15) is 0 Å². The van der Waals surface area contributed by atoms with Crippen LogP contribution < -0.4 is 0 Å². The molecule has 1 saturated carbocycles. The average Bonchev–Trinajstić information content (AvgIpc) is 3.09. The van der Waals surface area contributed by atoms with Crippen LogP contribution in [-0.4, -0.2) is 18.1 Å². The van der Waals surface area contributed by atoms with Crippen LogP contribution in [0.2, 0.25) is 0 Å². The van der Waals surface area contributed by atoms with E-state index < -0.39 is 5.41 Å². The Balaban J connectivity index is 2.34. The number of ether oxygens (including phenoxy) is 1. The number of carbonyl (C=O) groups excluding carboxylic acids is 1. The molecule has 1 aliphatic carbocycles. The number of hydrogen-bond acceptors (Lipinski definition) is 3. The van der Waals surface area contributed by atoms with E-state index in [9.17, 15) is 4.79 Å². The van der Waals surface area contributed by atoms with Crippen molar-refractivity contribution in [1.82, 2.24) is 4.98 Å². The van der Waals surface area contributed by atoms with E-state index in [1.165, 1.54) is 12.7 Å². The summed E-state index contributed by atoms with van der Waals surface area (Å²) in [6, 6.07) is 2.08. The number of rotatable bonds is 3. The molecule has 86 valence electrons. The van der Waals surface area contributed by atoms with Gasteiger partial charge >= 0.3 is 5.97 Å². The lowest BCUT2D eigenvalue weighted by Crippen LogP contribution is -2.22. The van der Waals surface area contributed by atoms with Gasteiger partial charge < -0.3 is 4.74 Å². The summed E-state index contributed by atoms with van der Waals surface area (Å²) >= 11 is 0. The Morgan fingerprint density at radius 3 is 2.62 bits per heavy atom. The van der Waals surface area contributed by atoms with Gasteiger partial charge in [-0.15, -0.1) is 0 Å². The van der Waals surface area contributed by atoms with Crippen LogP contribution >= 0.6 is 0 Å². The molecule has 16 heavy (non-hydrogen) atoms. The summed E-state index contributed by atoms with van der Waals surface area (Å²) in [7, 11) is 1.45. The van der Waals surface area contributed by atoms with Gasteiger partial charge in [0.25, 0.3) is 0 Å². The molecule has 1 fully saturated rings. The number of carbonyl (C=O) groups is 1. The van der Waals surface area contributed by atoms with E-state index in [0.717, 1.165) is 18.4 Å². The van der Waals surface area contributed by atoms with Gasteiger partial charge in [0, 0.05) is 12.4 Å². The molecule has 3 nitrogen and oxygen atoms in total. The highest BCUT2D eigenvalue weighted by Gasteiger charge is 2.52. The van der Waals surface area contributed by atoms with Gasteiger partial charge in [0.1, 0.15) is 0 Å². The minimum atomic E-state index is -0.396. The Bertz CT molecular complexity index is 408. The largest absolute Gasteiger partial charge is 0.468 e. The Morgan fingerprint density at radius 1 is 1.44 bits per heavy atom. The van der Waals surface area contributed by atoms with Crippen LogP contribution in [0.1, 0.15) is 43.7 Å². The number of hydrogen-bond donors (Lipinski definition) is 0. The first-order valence-corrected chi connectivity index (χ1v) is 5.64. The van der Waals surface area contributed by atoms with Crippen molar-refractivity contribution in [2.45, 2.75) is 38.0 Å². The lowest BCUT2D eigenvalue weighted by molar-refractivity contribution is -0.143. The third kappa shape index (κ3) is 1.70. The molecule has 1 heterocycles. The fourth-order valence-corrected chi connectivity index (χ4v) is 1.97. The molecule has 0 radical (unpaired) electrons. The maximum absolute atomic E-state index is 11.7. The topological polar surface area (TPSA) is 39.2 Å². The fraction of sp³-hybridized carbons (Fsp3) is 0.538. The molecule has 0 unspecified atom stereocenters. The van der Waals surface area contributed by atoms with Crippen molar-refractivity contribution in [3.8, 4) is 0 Å². The Morgan fingerprint density at radius 2 is 2.12 bits per heavy atom. The van der Waals surface area contributed by atoms with Crippen molar-refractivity contribution in [3.63, 3.8) is 0 Å². The van der Waals surface area contributed by atoms with Crippen LogP contribution in [0.3, 0.4) is 0 Å². The van der Waals surface area contributed by atoms with E-state index in [1.807, 2.05) is 6.20 Å². The second-order valence-corrected chi connectivity index (χ2v) is 4.74. The first-order valence-electron chi connectivity index (χ1n) is 5.64. The van der Waals surface area contributed by atoms with E-state index >= 15 is 0 Å².